The van der Waals surface area contributed by atoms with Gasteiger partial charge in [0.2, 0.25) is 0 Å². The minimum atomic E-state index is -1.62. The second-order valence-corrected chi connectivity index (χ2v) is 55.2. The fraction of sp³-hybridized carbons (Fsp3) is 0.600. The van der Waals surface area contributed by atoms with Crippen LogP contribution < -0.4 is 0 Å². The molecule has 12 rings (SSSR count). The summed E-state index contributed by atoms with van der Waals surface area (Å²) in [5.41, 5.74) is 19.9. The van der Waals surface area contributed by atoms with Crippen LogP contribution in [-0.2, 0) is 70.8 Å². The van der Waals surface area contributed by atoms with Crippen molar-refractivity contribution in [3.05, 3.63) is 131 Å². The van der Waals surface area contributed by atoms with E-state index in [4.69, 9.17) is 70.8 Å². The van der Waals surface area contributed by atoms with Gasteiger partial charge in [-0.1, -0.05) is 179 Å². The second-order valence-electron chi connectivity index (χ2n) is 26.5. The Hall–Kier alpha value is 0.780. The van der Waals surface area contributed by atoms with Crippen molar-refractivity contribution >= 4 is 107 Å². The van der Waals surface area contributed by atoms with Crippen LogP contribution in [0.4, 0.5) is 0 Å². The highest BCUT2D eigenvalue weighted by atomic mass is 32.5. The van der Waals surface area contributed by atoms with Gasteiger partial charge in [-0.05, 0) is 225 Å². The largest absolute Gasteiger partial charge is 0.0879 e. The van der Waals surface area contributed by atoms with Gasteiger partial charge in [-0.15, -0.1) is 0 Å². The quantitative estimate of drug-likeness (QED) is 0.257. The third-order valence-electron chi connectivity index (χ3n) is 24.6. The van der Waals surface area contributed by atoms with Gasteiger partial charge in [-0.3, -0.25) is 0 Å². The molecule has 72 heavy (non-hydrogen) atoms. The molecule has 0 aromatic carbocycles. The molecule has 0 unspecified atom stereocenters. The van der Waals surface area contributed by atoms with Crippen molar-refractivity contribution in [1.82, 2.24) is 0 Å². The van der Waals surface area contributed by atoms with E-state index in [1.165, 1.54) is 68.9 Å². The summed E-state index contributed by atoms with van der Waals surface area (Å²) in [6.07, 6.45) is 7.08. The monoisotopic (exact) mass is 1180 g/mol. The van der Waals surface area contributed by atoms with Gasteiger partial charge in [0, 0.05) is 68.7 Å². The van der Waals surface area contributed by atoms with Crippen molar-refractivity contribution in [1.29, 1.82) is 0 Å². The SMILES string of the molecule is CC1=C(C)[P@@]2(=S)C[C@]1(C)C(C)=C2C1=C(C)[C@@]2(C)C[P@]1(=S)C(C)=C2C.CC1=C(C)[P@]2(=S)C[C@@]1(C)C(C)=C2C1=C(C)[C@@]2(C)C[P@]1(=S)C(C)=C2C.CC1=C(C)[P@]2(=S)C[C@@]1(C)C(C)=C2C1=C(C)[C@]2(C)C[P@@]1(=S)C(C)=C2C. The van der Waals surface area contributed by atoms with E-state index in [1.54, 1.807) is 98.8 Å². The van der Waals surface area contributed by atoms with Gasteiger partial charge in [0.05, 0.1) is 0 Å². The smallest absolute Gasteiger partial charge is 0.0155 e. The number of allylic oxidation sites excluding steroid dienone is 24. The van der Waals surface area contributed by atoms with Crippen molar-refractivity contribution in [2.75, 3.05) is 37.0 Å². The summed E-state index contributed by atoms with van der Waals surface area (Å²) in [4.78, 5) is 0. The van der Waals surface area contributed by atoms with Crippen LogP contribution in [0.2, 0.25) is 0 Å². The lowest BCUT2D eigenvalue weighted by Gasteiger charge is -2.34. The highest BCUT2D eigenvalue weighted by Gasteiger charge is 2.63. The molecular formula is C60H84P6S6. The molecule has 0 nitrogen and oxygen atoms in total. The predicted octanol–water partition coefficient (Wildman–Crippen LogP) is 21.4. The zero-order chi connectivity index (χ0) is 54.1. The normalized spacial score (nSPS) is 47.2. The molecule has 0 aromatic rings. The average Bonchev–Trinajstić information content (AvgIpc) is 4.14. The van der Waals surface area contributed by atoms with Crippen molar-refractivity contribution in [2.24, 2.45) is 32.5 Å². The van der Waals surface area contributed by atoms with Crippen LogP contribution in [0.1, 0.15) is 166 Å². The van der Waals surface area contributed by atoms with Gasteiger partial charge in [0.15, 0.2) is 0 Å². The van der Waals surface area contributed by atoms with Crippen molar-refractivity contribution < 1.29 is 0 Å². The zero-order valence-corrected chi connectivity index (χ0v) is 58.6. The third-order valence-corrected chi connectivity index (χ3v) is 58.4. The molecule has 0 amide bonds. The topological polar surface area (TPSA) is 0 Å². The third kappa shape index (κ3) is 5.94. The lowest BCUT2D eigenvalue weighted by Crippen LogP contribution is -2.19. The fourth-order valence-electron chi connectivity index (χ4n) is 17.3. The Balaban J connectivity index is 0.000000124. The molecule has 0 fully saturated rings. The van der Waals surface area contributed by atoms with Crippen molar-refractivity contribution in [2.45, 2.75) is 166 Å². The van der Waals surface area contributed by atoms with Crippen LogP contribution in [0, 0.1) is 32.5 Å². The molecule has 12 atom stereocenters. The second kappa shape index (κ2) is 15.8. The Labute approximate surface area is 469 Å². The molecule has 0 aromatic heterocycles. The van der Waals surface area contributed by atoms with Crippen molar-refractivity contribution in [3.63, 3.8) is 0 Å². The van der Waals surface area contributed by atoms with Gasteiger partial charge in [0.25, 0.3) is 0 Å². The van der Waals surface area contributed by atoms with Gasteiger partial charge >= 0.3 is 0 Å². The maximum atomic E-state index is 6.46. The van der Waals surface area contributed by atoms with Crippen LogP contribution in [0.25, 0.3) is 0 Å². The zero-order valence-electron chi connectivity index (χ0n) is 48.4. The van der Waals surface area contributed by atoms with E-state index in [0.29, 0.717) is 0 Å². The maximum absolute atomic E-state index is 6.46. The molecule has 390 valence electrons. The number of rotatable bonds is 3. The highest BCUT2D eigenvalue weighted by molar-refractivity contribution is 8.23. The van der Waals surface area contributed by atoms with E-state index in [-0.39, 0.29) is 32.5 Å². The summed E-state index contributed by atoms with van der Waals surface area (Å²) in [5.74, 6) is 0. The van der Waals surface area contributed by atoms with Gasteiger partial charge in [0.1, 0.15) is 0 Å². The molecule has 12 aliphatic rings. The van der Waals surface area contributed by atoms with Gasteiger partial charge in [-0.2, -0.15) is 0 Å². The lowest BCUT2D eigenvalue weighted by molar-refractivity contribution is 0.557. The van der Waals surface area contributed by atoms with Crippen LogP contribution in [0.15, 0.2) is 131 Å². The summed E-state index contributed by atoms with van der Waals surface area (Å²) >= 11 is 38.7. The van der Waals surface area contributed by atoms with Gasteiger partial charge in [-0.25, -0.2) is 0 Å². The molecule has 0 N–H and O–H groups in total. The predicted molar refractivity (Wildman–Crippen MR) is 350 cm³/mol. The minimum absolute atomic E-state index is 0.202. The molecule has 0 saturated carbocycles. The summed E-state index contributed by atoms with van der Waals surface area (Å²) in [5, 5.41) is 18.7. The lowest BCUT2D eigenvalue weighted by atomic mass is 9.76. The van der Waals surface area contributed by atoms with Crippen molar-refractivity contribution in [3.8, 4) is 0 Å². The summed E-state index contributed by atoms with van der Waals surface area (Å²) < 4.78 is 0. The first-order chi connectivity index (χ1) is 32.6. The van der Waals surface area contributed by atoms with E-state index in [2.05, 4.69) is 166 Å². The van der Waals surface area contributed by atoms with E-state index in [0.717, 1.165) is 0 Å². The summed E-state index contributed by atoms with van der Waals surface area (Å²) in [6, 6.07) is -9.71. The number of hydrogen-bond donors (Lipinski definition) is 0. The van der Waals surface area contributed by atoms with E-state index < -0.39 is 36.2 Å². The average molecular weight is 1180 g/mol. The van der Waals surface area contributed by atoms with E-state index >= 15 is 0 Å². The Bertz CT molecular complexity index is 3010. The van der Waals surface area contributed by atoms with Crippen LogP contribution in [0.3, 0.4) is 0 Å². The summed E-state index contributed by atoms with van der Waals surface area (Å²) in [6.45, 7) is 56.6. The molecule has 0 radical (unpaired) electrons. The van der Waals surface area contributed by atoms with Crippen LogP contribution in [-0.4, -0.2) is 37.0 Å². The first-order valence-corrected chi connectivity index (χ1v) is 44.5. The molecule has 0 spiro atoms. The highest BCUT2D eigenvalue weighted by Crippen LogP contribution is 2.92. The van der Waals surface area contributed by atoms with Crippen LogP contribution >= 0.6 is 36.2 Å². The summed E-state index contributed by atoms with van der Waals surface area (Å²) in [7, 11) is 0. The molecule has 0 aliphatic carbocycles. The molecule has 12 heteroatoms. The fourth-order valence-corrected chi connectivity index (χ4v) is 57.9. The number of fused-ring (bicyclic) bond motifs is 12. The van der Waals surface area contributed by atoms with E-state index in [9.17, 15) is 0 Å². The standard InChI is InChI=1S/3C20H28P2S2/c3*1-11-15(5)21(23)9-19(11,7)13(3)17(21)18-14(4)20(8)10-22(18,24)16(6)12(20)2/h3*9-10H2,1-8H3/t19-,20+,21-,22+;2*19-,20-,21-,22-/m.10/s1. The molecular weight excluding hydrogens is 1100 g/mol. The Morgan fingerprint density at radius 2 is 0.306 bits per heavy atom. The van der Waals surface area contributed by atoms with E-state index in [1.807, 2.05) is 0 Å². The number of hydrogen-bond acceptors (Lipinski definition) is 6. The Morgan fingerprint density at radius 3 is 0.389 bits per heavy atom. The molecule has 12 bridgehead atoms. The minimum Gasteiger partial charge on any atom is -0.0879 e. The first kappa shape index (κ1) is 56.1. The van der Waals surface area contributed by atoms with Crippen LogP contribution in [0.5, 0.6) is 0 Å². The van der Waals surface area contributed by atoms with Gasteiger partial charge < -0.3 is 0 Å². The Kier molecular flexibility index (Phi) is 12.3. The Morgan fingerprint density at radius 1 is 0.208 bits per heavy atom. The molecule has 12 aliphatic heterocycles. The molecule has 0 saturated heterocycles. The first-order valence-electron chi connectivity index (χ1n) is 26.5. The maximum Gasteiger partial charge on any atom is 0.0155 e. The molecule has 12 heterocycles.